The molecule has 1 aliphatic rings. The van der Waals surface area contributed by atoms with Gasteiger partial charge in [-0.15, -0.1) is 0 Å². The SMILES string of the molecule is Cc1c(C)c(C)c(CC2CCC2C)c(C)c1C. The molecule has 0 aliphatic heterocycles. The van der Waals surface area contributed by atoms with E-state index in [4.69, 9.17) is 0 Å². The van der Waals surface area contributed by atoms with Gasteiger partial charge in [0.2, 0.25) is 0 Å². The van der Waals surface area contributed by atoms with Gasteiger partial charge in [-0.25, -0.2) is 0 Å². The van der Waals surface area contributed by atoms with Gasteiger partial charge < -0.3 is 0 Å². The first-order valence-corrected chi connectivity index (χ1v) is 6.99. The standard InChI is InChI=1S/C17H26/c1-10-7-8-16(10)9-17-14(5)12(3)11(2)13(4)15(17)6/h10,16H,7-9H2,1-6H3. The predicted octanol–water partition coefficient (Wildman–Crippen LogP) is 4.82. The Hall–Kier alpha value is -0.780. The van der Waals surface area contributed by atoms with Gasteiger partial charge in [-0.3, -0.25) is 0 Å². The average Bonchev–Trinajstić information content (AvgIpc) is 2.32. The van der Waals surface area contributed by atoms with E-state index < -0.39 is 0 Å². The van der Waals surface area contributed by atoms with E-state index in [0.717, 1.165) is 11.8 Å². The Morgan fingerprint density at radius 3 is 1.59 bits per heavy atom. The molecule has 94 valence electrons. The fourth-order valence-corrected chi connectivity index (χ4v) is 3.18. The molecule has 1 aromatic carbocycles. The Bertz CT molecular complexity index is 411. The summed E-state index contributed by atoms with van der Waals surface area (Å²) in [6, 6.07) is 0. The third-order valence-corrected chi connectivity index (χ3v) is 5.42. The van der Waals surface area contributed by atoms with Gasteiger partial charge >= 0.3 is 0 Å². The van der Waals surface area contributed by atoms with Crippen LogP contribution in [0.15, 0.2) is 0 Å². The van der Waals surface area contributed by atoms with Crippen molar-refractivity contribution in [2.45, 2.75) is 60.8 Å². The van der Waals surface area contributed by atoms with E-state index in [0.29, 0.717) is 0 Å². The maximum absolute atomic E-state index is 2.41. The first kappa shape index (κ1) is 12.7. The molecule has 1 saturated carbocycles. The van der Waals surface area contributed by atoms with Crippen LogP contribution in [0.3, 0.4) is 0 Å². The van der Waals surface area contributed by atoms with Crippen molar-refractivity contribution in [3.05, 3.63) is 33.4 Å². The molecule has 0 amide bonds. The van der Waals surface area contributed by atoms with Crippen LogP contribution in [-0.4, -0.2) is 0 Å². The van der Waals surface area contributed by atoms with E-state index in [1.54, 1.807) is 16.7 Å². The lowest BCUT2D eigenvalue weighted by Gasteiger charge is -2.35. The van der Waals surface area contributed by atoms with Crippen molar-refractivity contribution in [3.8, 4) is 0 Å². The summed E-state index contributed by atoms with van der Waals surface area (Å²) in [5.41, 5.74) is 9.24. The molecular weight excluding hydrogens is 204 g/mol. The van der Waals surface area contributed by atoms with E-state index in [-0.39, 0.29) is 0 Å². The average molecular weight is 230 g/mol. The fourth-order valence-electron chi connectivity index (χ4n) is 3.18. The van der Waals surface area contributed by atoms with Gasteiger partial charge in [0, 0.05) is 0 Å². The van der Waals surface area contributed by atoms with E-state index in [2.05, 4.69) is 41.5 Å². The zero-order chi connectivity index (χ0) is 12.7. The third-order valence-electron chi connectivity index (χ3n) is 5.42. The van der Waals surface area contributed by atoms with Crippen molar-refractivity contribution in [3.63, 3.8) is 0 Å². The largest absolute Gasteiger partial charge is 0.0622 e. The van der Waals surface area contributed by atoms with Gasteiger partial charge in [0.05, 0.1) is 0 Å². The molecular formula is C17H26. The van der Waals surface area contributed by atoms with Crippen LogP contribution in [-0.2, 0) is 6.42 Å². The Kier molecular flexibility index (Phi) is 3.34. The highest BCUT2D eigenvalue weighted by Crippen LogP contribution is 2.38. The minimum Gasteiger partial charge on any atom is -0.0622 e. The van der Waals surface area contributed by atoms with Gasteiger partial charge in [0.25, 0.3) is 0 Å². The molecule has 0 heterocycles. The lowest BCUT2D eigenvalue weighted by Crippen LogP contribution is -2.25. The van der Waals surface area contributed by atoms with E-state index in [9.17, 15) is 0 Å². The molecule has 0 N–H and O–H groups in total. The molecule has 1 aliphatic carbocycles. The number of benzene rings is 1. The zero-order valence-electron chi connectivity index (χ0n) is 12.3. The van der Waals surface area contributed by atoms with Crippen LogP contribution in [0.5, 0.6) is 0 Å². The van der Waals surface area contributed by atoms with Gasteiger partial charge in [-0.1, -0.05) is 13.3 Å². The number of rotatable bonds is 2. The van der Waals surface area contributed by atoms with Crippen molar-refractivity contribution in [2.75, 3.05) is 0 Å². The molecule has 0 nitrogen and oxygen atoms in total. The third kappa shape index (κ3) is 2.03. The second-order valence-corrected chi connectivity index (χ2v) is 6.12. The van der Waals surface area contributed by atoms with Gasteiger partial charge in [0.1, 0.15) is 0 Å². The Labute approximate surface area is 106 Å². The van der Waals surface area contributed by atoms with E-state index in [1.807, 2.05) is 0 Å². The normalized spacial score (nSPS) is 23.6. The lowest BCUT2D eigenvalue weighted by molar-refractivity contribution is 0.195. The summed E-state index contributed by atoms with van der Waals surface area (Å²) in [5.74, 6) is 1.88. The van der Waals surface area contributed by atoms with Crippen LogP contribution in [0.1, 0.15) is 53.1 Å². The molecule has 2 unspecified atom stereocenters. The van der Waals surface area contributed by atoms with Crippen LogP contribution >= 0.6 is 0 Å². The Morgan fingerprint density at radius 1 is 0.765 bits per heavy atom. The van der Waals surface area contributed by atoms with E-state index >= 15 is 0 Å². The van der Waals surface area contributed by atoms with Crippen LogP contribution in [0, 0.1) is 46.5 Å². The highest BCUT2D eigenvalue weighted by Gasteiger charge is 2.28. The minimum absolute atomic E-state index is 0.939. The maximum atomic E-state index is 2.41. The molecule has 0 spiro atoms. The minimum atomic E-state index is 0.939. The molecule has 1 fully saturated rings. The van der Waals surface area contributed by atoms with Crippen LogP contribution in [0.4, 0.5) is 0 Å². The second kappa shape index (κ2) is 4.48. The van der Waals surface area contributed by atoms with Crippen LogP contribution in [0.25, 0.3) is 0 Å². The van der Waals surface area contributed by atoms with Crippen molar-refractivity contribution in [1.29, 1.82) is 0 Å². The smallest absolute Gasteiger partial charge is 0.0242 e. The molecule has 2 rings (SSSR count). The lowest BCUT2D eigenvalue weighted by atomic mass is 9.70. The van der Waals surface area contributed by atoms with Crippen molar-refractivity contribution in [2.24, 2.45) is 11.8 Å². The van der Waals surface area contributed by atoms with Crippen molar-refractivity contribution < 1.29 is 0 Å². The highest BCUT2D eigenvalue weighted by molar-refractivity contribution is 5.49. The summed E-state index contributed by atoms with van der Waals surface area (Å²) in [6.07, 6.45) is 4.18. The maximum Gasteiger partial charge on any atom is -0.0242 e. The van der Waals surface area contributed by atoms with Crippen LogP contribution < -0.4 is 0 Å². The quantitative estimate of drug-likeness (QED) is 0.683. The molecule has 0 aromatic heterocycles. The molecule has 0 radical (unpaired) electrons. The first-order chi connectivity index (χ1) is 7.93. The molecule has 0 bridgehead atoms. The summed E-state index contributed by atoms with van der Waals surface area (Å²) >= 11 is 0. The van der Waals surface area contributed by atoms with Gasteiger partial charge in [0.15, 0.2) is 0 Å². The monoisotopic (exact) mass is 230 g/mol. The van der Waals surface area contributed by atoms with Gasteiger partial charge in [-0.2, -0.15) is 0 Å². The zero-order valence-corrected chi connectivity index (χ0v) is 12.3. The van der Waals surface area contributed by atoms with Crippen molar-refractivity contribution >= 4 is 0 Å². The topological polar surface area (TPSA) is 0 Å². The molecule has 1 aromatic rings. The molecule has 2 atom stereocenters. The number of hydrogen-bond donors (Lipinski definition) is 0. The first-order valence-electron chi connectivity index (χ1n) is 6.99. The fraction of sp³-hybridized carbons (Fsp3) is 0.647. The second-order valence-electron chi connectivity index (χ2n) is 6.12. The Morgan fingerprint density at radius 2 is 1.24 bits per heavy atom. The summed E-state index contributed by atoms with van der Waals surface area (Å²) in [5, 5.41) is 0. The summed E-state index contributed by atoms with van der Waals surface area (Å²) < 4.78 is 0. The summed E-state index contributed by atoms with van der Waals surface area (Å²) in [7, 11) is 0. The molecule has 0 heteroatoms. The van der Waals surface area contributed by atoms with Crippen molar-refractivity contribution in [1.82, 2.24) is 0 Å². The Balaban J connectivity index is 2.39. The summed E-state index contributed by atoms with van der Waals surface area (Å²) in [4.78, 5) is 0. The molecule has 0 saturated heterocycles. The predicted molar refractivity (Wildman–Crippen MR) is 75.7 cm³/mol. The van der Waals surface area contributed by atoms with E-state index in [1.165, 1.54) is 36.0 Å². The van der Waals surface area contributed by atoms with Gasteiger partial charge in [-0.05, 0) is 92.7 Å². The highest BCUT2D eigenvalue weighted by atomic mass is 14.3. The summed E-state index contributed by atoms with van der Waals surface area (Å²) in [6.45, 7) is 13.9. The molecule has 17 heavy (non-hydrogen) atoms. The van der Waals surface area contributed by atoms with Crippen LogP contribution in [0.2, 0.25) is 0 Å². The number of hydrogen-bond acceptors (Lipinski definition) is 0.